The van der Waals surface area contributed by atoms with Crippen molar-refractivity contribution < 1.29 is 0 Å². The zero-order chi connectivity index (χ0) is 15.1. The van der Waals surface area contributed by atoms with Gasteiger partial charge in [0.25, 0.3) is 0 Å². The van der Waals surface area contributed by atoms with Gasteiger partial charge in [0.2, 0.25) is 0 Å². The van der Waals surface area contributed by atoms with Crippen molar-refractivity contribution in [2.24, 2.45) is 0 Å². The number of rotatable bonds is 0. The van der Waals surface area contributed by atoms with E-state index in [1.165, 1.54) is 58.0 Å². The molecule has 0 aromatic heterocycles. The summed E-state index contributed by atoms with van der Waals surface area (Å²) in [5.74, 6) is 0. The van der Waals surface area contributed by atoms with Crippen LogP contribution in [0.2, 0.25) is 0 Å². The third-order valence-corrected chi connectivity index (χ3v) is 5.86. The van der Waals surface area contributed by atoms with E-state index in [9.17, 15) is 0 Å². The van der Waals surface area contributed by atoms with Crippen LogP contribution in [0, 0.1) is 6.92 Å². The van der Waals surface area contributed by atoms with Gasteiger partial charge in [0.05, 0.1) is 0 Å². The summed E-state index contributed by atoms with van der Waals surface area (Å²) in [4.78, 5) is 5.26. The van der Waals surface area contributed by atoms with Crippen LogP contribution in [0.15, 0.2) is 57.8 Å². The first-order chi connectivity index (χ1) is 10.7. The van der Waals surface area contributed by atoms with Crippen molar-refractivity contribution in [1.29, 1.82) is 0 Å². The fraction of sp³-hybridized carbons (Fsp3) is 0.300. The third kappa shape index (κ3) is 2.41. The number of hydrogen-bond donors (Lipinski definition) is 0. The molecule has 0 spiro atoms. The lowest BCUT2D eigenvalue weighted by atomic mass is 9.88. The van der Waals surface area contributed by atoms with E-state index in [0.717, 1.165) is 0 Å². The molecule has 2 aromatic carbocycles. The summed E-state index contributed by atoms with van der Waals surface area (Å²) in [6.07, 6.45) is 2.39. The molecule has 4 rings (SSSR count). The number of piperidine rings is 1. The van der Waals surface area contributed by atoms with E-state index in [4.69, 9.17) is 0 Å². The Balaban J connectivity index is 1.92. The normalized spacial score (nSPS) is 18.1. The van der Waals surface area contributed by atoms with E-state index in [1.807, 2.05) is 11.8 Å². The Kier molecular flexibility index (Phi) is 3.59. The van der Waals surface area contributed by atoms with Crippen LogP contribution >= 0.6 is 11.8 Å². The molecule has 0 amide bonds. The average Bonchev–Trinajstić information content (AvgIpc) is 2.53. The van der Waals surface area contributed by atoms with E-state index in [-0.39, 0.29) is 0 Å². The number of likely N-dealkylation sites (tertiary alicyclic amines) is 1. The van der Waals surface area contributed by atoms with Gasteiger partial charge in [-0.15, -0.1) is 0 Å². The zero-order valence-electron chi connectivity index (χ0n) is 13.2. The number of aryl methyl sites for hydroxylation is 1. The molecule has 0 radical (unpaired) electrons. The smallest absolute Gasteiger partial charge is 0.0203 e. The second kappa shape index (κ2) is 5.60. The molecule has 2 heteroatoms. The number of hydrogen-bond acceptors (Lipinski definition) is 2. The summed E-state index contributed by atoms with van der Waals surface area (Å²) >= 11 is 1.92. The molecule has 1 fully saturated rings. The van der Waals surface area contributed by atoms with Crippen molar-refractivity contribution in [3.05, 3.63) is 64.7 Å². The number of nitrogens with zero attached hydrogens (tertiary/aromatic N) is 1. The summed E-state index contributed by atoms with van der Waals surface area (Å²) < 4.78 is 0. The molecule has 0 atom stereocenters. The molecule has 2 aliphatic rings. The van der Waals surface area contributed by atoms with Crippen molar-refractivity contribution >= 4 is 17.3 Å². The largest absolute Gasteiger partial charge is 0.306 e. The molecule has 112 valence electrons. The summed E-state index contributed by atoms with van der Waals surface area (Å²) in [6.45, 7) is 4.54. The molecule has 0 saturated carbocycles. The fourth-order valence-electron chi connectivity index (χ4n) is 3.47. The minimum atomic E-state index is 1.18. The van der Waals surface area contributed by atoms with Crippen LogP contribution in [0.1, 0.15) is 29.5 Å². The van der Waals surface area contributed by atoms with Gasteiger partial charge < -0.3 is 4.90 Å². The number of fused-ring (bicyclic) bond motifs is 2. The summed E-state index contributed by atoms with van der Waals surface area (Å²) in [7, 11) is 2.23. The Labute approximate surface area is 137 Å². The molecule has 1 nitrogen and oxygen atoms in total. The maximum atomic E-state index is 2.43. The topological polar surface area (TPSA) is 3.24 Å². The van der Waals surface area contributed by atoms with E-state index in [0.29, 0.717) is 0 Å². The van der Waals surface area contributed by atoms with Crippen LogP contribution in [0.3, 0.4) is 0 Å². The van der Waals surface area contributed by atoms with Gasteiger partial charge in [-0.2, -0.15) is 0 Å². The van der Waals surface area contributed by atoms with E-state index >= 15 is 0 Å². The minimum Gasteiger partial charge on any atom is -0.306 e. The molecule has 2 aliphatic heterocycles. The maximum absolute atomic E-state index is 2.43. The van der Waals surface area contributed by atoms with Crippen LogP contribution in [0.25, 0.3) is 5.57 Å². The highest BCUT2D eigenvalue weighted by Gasteiger charge is 2.24. The number of benzene rings is 2. The van der Waals surface area contributed by atoms with Crippen molar-refractivity contribution in [2.45, 2.75) is 29.6 Å². The van der Waals surface area contributed by atoms with Crippen LogP contribution in [-0.4, -0.2) is 25.0 Å². The lowest BCUT2D eigenvalue weighted by Crippen LogP contribution is -2.27. The van der Waals surface area contributed by atoms with Crippen molar-refractivity contribution in [1.82, 2.24) is 4.90 Å². The molecular formula is C20H21NS. The van der Waals surface area contributed by atoms with Gasteiger partial charge in [-0.05, 0) is 61.2 Å². The van der Waals surface area contributed by atoms with Gasteiger partial charge in [0, 0.05) is 22.9 Å². The fourth-order valence-corrected chi connectivity index (χ4v) is 4.65. The Morgan fingerprint density at radius 3 is 2.45 bits per heavy atom. The van der Waals surface area contributed by atoms with Crippen LogP contribution < -0.4 is 0 Å². The van der Waals surface area contributed by atoms with Gasteiger partial charge in [-0.3, -0.25) is 0 Å². The molecular weight excluding hydrogens is 286 g/mol. The lowest BCUT2D eigenvalue weighted by molar-refractivity contribution is 0.313. The molecule has 0 bridgehead atoms. The second-order valence-electron chi connectivity index (χ2n) is 6.38. The van der Waals surface area contributed by atoms with Crippen molar-refractivity contribution in [3.63, 3.8) is 0 Å². The van der Waals surface area contributed by atoms with Crippen LogP contribution in [0.4, 0.5) is 0 Å². The first-order valence-electron chi connectivity index (χ1n) is 8.01. The second-order valence-corrected chi connectivity index (χ2v) is 7.46. The van der Waals surface area contributed by atoms with E-state index in [1.54, 1.807) is 5.57 Å². The van der Waals surface area contributed by atoms with Crippen molar-refractivity contribution in [3.8, 4) is 0 Å². The molecule has 2 aromatic rings. The Morgan fingerprint density at radius 1 is 0.909 bits per heavy atom. The SMILES string of the molecule is Cc1ccc2c(c1)Sc1ccccc1C2=C1CCN(C)CC1. The van der Waals surface area contributed by atoms with Crippen LogP contribution in [-0.2, 0) is 0 Å². The third-order valence-electron chi connectivity index (χ3n) is 4.73. The predicted molar refractivity (Wildman–Crippen MR) is 94.5 cm³/mol. The standard InChI is InChI=1S/C20H21NS/c1-14-7-8-17-19(13-14)22-18-6-4-3-5-16(18)20(17)15-9-11-21(2)12-10-15/h3-8,13H,9-12H2,1-2H3. The van der Waals surface area contributed by atoms with Crippen molar-refractivity contribution in [2.75, 3.05) is 20.1 Å². The molecule has 1 saturated heterocycles. The summed E-state index contributed by atoms with van der Waals surface area (Å²) in [6, 6.07) is 15.8. The van der Waals surface area contributed by atoms with Gasteiger partial charge >= 0.3 is 0 Å². The predicted octanol–water partition coefficient (Wildman–Crippen LogP) is 4.99. The van der Waals surface area contributed by atoms with Gasteiger partial charge in [-0.25, -0.2) is 0 Å². The van der Waals surface area contributed by atoms with E-state index in [2.05, 4.69) is 61.3 Å². The first-order valence-corrected chi connectivity index (χ1v) is 8.83. The van der Waals surface area contributed by atoms with Crippen LogP contribution in [0.5, 0.6) is 0 Å². The van der Waals surface area contributed by atoms with Gasteiger partial charge in [-0.1, -0.05) is 47.7 Å². The highest BCUT2D eigenvalue weighted by Crippen LogP contribution is 2.47. The average molecular weight is 307 g/mol. The Hall–Kier alpha value is -1.51. The maximum Gasteiger partial charge on any atom is 0.0203 e. The van der Waals surface area contributed by atoms with E-state index < -0.39 is 0 Å². The molecule has 22 heavy (non-hydrogen) atoms. The summed E-state index contributed by atoms with van der Waals surface area (Å²) in [5.41, 5.74) is 7.36. The molecule has 0 aliphatic carbocycles. The quantitative estimate of drug-likeness (QED) is 0.576. The molecule has 2 heterocycles. The van der Waals surface area contributed by atoms with Gasteiger partial charge in [0.1, 0.15) is 0 Å². The monoisotopic (exact) mass is 307 g/mol. The highest BCUT2D eigenvalue weighted by molar-refractivity contribution is 7.99. The molecule has 0 unspecified atom stereocenters. The minimum absolute atomic E-state index is 1.18. The molecule has 0 N–H and O–H groups in total. The highest BCUT2D eigenvalue weighted by atomic mass is 32.2. The zero-order valence-corrected chi connectivity index (χ0v) is 14.0. The van der Waals surface area contributed by atoms with Gasteiger partial charge in [0.15, 0.2) is 0 Å². The Bertz CT molecular complexity index is 750. The first kappa shape index (κ1) is 14.1. The lowest BCUT2D eigenvalue weighted by Gasteiger charge is -2.30. The summed E-state index contributed by atoms with van der Waals surface area (Å²) in [5, 5.41) is 0. The Morgan fingerprint density at radius 2 is 1.64 bits per heavy atom.